The second-order valence-electron chi connectivity index (χ2n) is 9.22. The van der Waals surface area contributed by atoms with Crippen LogP contribution in [0.15, 0.2) is 47.3 Å². The van der Waals surface area contributed by atoms with Crippen LogP contribution >= 0.6 is 0 Å². The molecule has 1 aliphatic heterocycles. The minimum atomic E-state index is -0.487. The van der Waals surface area contributed by atoms with E-state index < -0.39 is 11.4 Å². The van der Waals surface area contributed by atoms with Crippen LogP contribution < -0.4 is 11.3 Å². The summed E-state index contributed by atoms with van der Waals surface area (Å²) in [4.78, 5) is 15.2. The van der Waals surface area contributed by atoms with Crippen LogP contribution in [-0.4, -0.2) is 43.5 Å². The molecule has 1 fully saturated rings. The smallest absolute Gasteiger partial charge is 0.273 e. The van der Waals surface area contributed by atoms with Crippen LogP contribution in [0, 0.1) is 12.7 Å². The molecule has 7 nitrogen and oxygen atoms in total. The Morgan fingerprint density at radius 3 is 2.79 bits per heavy atom. The van der Waals surface area contributed by atoms with Gasteiger partial charge in [-0.2, -0.15) is 14.9 Å². The number of benzene rings is 2. The number of H-pyrrole nitrogens is 1. The number of aromatic nitrogens is 4. The Kier molecular flexibility index (Phi) is 4.67. The van der Waals surface area contributed by atoms with Gasteiger partial charge in [-0.05, 0) is 55.0 Å². The lowest BCUT2D eigenvalue weighted by Crippen LogP contribution is -2.51. The molecule has 8 heteroatoms. The van der Waals surface area contributed by atoms with Gasteiger partial charge in [0.05, 0.1) is 5.52 Å². The number of halogens is 1. The molecule has 0 radical (unpaired) electrons. The molecule has 168 valence electrons. The predicted molar refractivity (Wildman–Crippen MR) is 125 cm³/mol. The summed E-state index contributed by atoms with van der Waals surface area (Å²) in [5.74, 6) is -0.487. The van der Waals surface area contributed by atoms with Gasteiger partial charge in [-0.1, -0.05) is 24.3 Å². The Hall–Kier alpha value is -3.36. The van der Waals surface area contributed by atoms with Gasteiger partial charge in [0.25, 0.3) is 5.56 Å². The van der Waals surface area contributed by atoms with Gasteiger partial charge < -0.3 is 5.73 Å². The molecule has 0 spiro atoms. The predicted octanol–water partition coefficient (Wildman–Crippen LogP) is 3.07. The zero-order valence-corrected chi connectivity index (χ0v) is 18.4. The third kappa shape index (κ3) is 3.37. The van der Waals surface area contributed by atoms with Crippen molar-refractivity contribution < 1.29 is 4.39 Å². The van der Waals surface area contributed by atoms with Gasteiger partial charge >= 0.3 is 0 Å². The summed E-state index contributed by atoms with van der Waals surface area (Å²) in [6.07, 6.45) is 3.15. The lowest BCUT2D eigenvalue weighted by atomic mass is 9.84. The fraction of sp³-hybridized carbons (Fsp3) is 0.320. The SMILES string of the molecule is Cc1cccc(F)c1-n1nc2c(-c3ccc4c(c3)CN(C3CC(N)C3)CC4)n[nH]c2cc1=O. The summed E-state index contributed by atoms with van der Waals surface area (Å²) in [5.41, 5.74) is 11.7. The van der Waals surface area contributed by atoms with E-state index in [9.17, 15) is 9.18 Å². The van der Waals surface area contributed by atoms with Gasteiger partial charge in [-0.25, -0.2) is 4.39 Å². The molecule has 1 aliphatic carbocycles. The molecule has 2 aromatic heterocycles. The van der Waals surface area contributed by atoms with E-state index in [1.54, 1.807) is 19.1 Å². The van der Waals surface area contributed by atoms with Crippen LogP contribution in [0.5, 0.6) is 0 Å². The molecule has 3 N–H and O–H groups in total. The third-order valence-corrected chi connectivity index (χ3v) is 7.03. The summed E-state index contributed by atoms with van der Waals surface area (Å²) in [6.45, 7) is 3.72. The molecular formula is C25H25FN6O. The maximum absolute atomic E-state index is 14.6. The number of hydrogen-bond acceptors (Lipinski definition) is 5. The maximum atomic E-state index is 14.6. The molecule has 0 bridgehead atoms. The minimum Gasteiger partial charge on any atom is -0.328 e. The molecule has 6 rings (SSSR count). The standard InChI is InChI=1S/C25H25FN6O/c1-14-3-2-4-20(26)25(14)32-22(33)12-21-24(30-32)23(29-28-21)16-6-5-15-7-8-31(13-17(15)9-16)19-10-18(27)11-19/h2-6,9,12,18-19,28H,7-8,10-11,13,27H2,1H3. The van der Waals surface area contributed by atoms with E-state index in [-0.39, 0.29) is 5.69 Å². The van der Waals surface area contributed by atoms with E-state index in [4.69, 9.17) is 5.73 Å². The van der Waals surface area contributed by atoms with Crippen LogP contribution in [0.4, 0.5) is 4.39 Å². The molecule has 0 unspecified atom stereocenters. The number of aryl methyl sites for hydroxylation is 1. The number of fused-ring (bicyclic) bond motifs is 2. The lowest BCUT2D eigenvalue weighted by molar-refractivity contribution is 0.0976. The molecule has 4 aromatic rings. The number of nitrogens with one attached hydrogen (secondary N) is 1. The van der Waals surface area contributed by atoms with Crippen LogP contribution in [0.25, 0.3) is 28.0 Å². The number of aromatic amines is 1. The summed E-state index contributed by atoms with van der Waals surface area (Å²) in [5, 5.41) is 11.9. The second kappa shape index (κ2) is 7.60. The Labute approximate surface area is 190 Å². The first-order valence-corrected chi connectivity index (χ1v) is 11.3. The van der Waals surface area contributed by atoms with Gasteiger partial charge in [0.1, 0.15) is 22.7 Å². The molecule has 33 heavy (non-hydrogen) atoms. The first kappa shape index (κ1) is 20.3. The molecular weight excluding hydrogens is 419 g/mol. The van der Waals surface area contributed by atoms with Crippen molar-refractivity contribution >= 4 is 11.0 Å². The summed E-state index contributed by atoms with van der Waals surface area (Å²) < 4.78 is 15.7. The van der Waals surface area contributed by atoms with Gasteiger partial charge in [0, 0.05) is 36.8 Å². The van der Waals surface area contributed by atoms with E-state index in [1.165, 1.54) is 23.3 Å². The van der Waals surface area contributed by atoms with E-state index in [0.29, 0.717) is 34.4 Å². The largest absolute Gasteiger partial charge is 0.328 e. The normalized spacial score (nSPS) is 20.6. The van der Waals surface area contributed by atoms with Crippen molar-refractivity contribution in [2.45, 2.75) is 44.8 Å². The van der Waals surface area contributed by atoms with E-state index in [0.717, 1.165) is 42.6 Å². The van der Waals surface area contributed by atoms with Crippen LogP contribution in [0.1, 0.15) is 29.5 Å². The number of nitrogens with two attached hydrogens (primary N) is 1. The molecule has 3 heterocycles. The average Bonchev–Trinajstić information content (AvgIpc) is 3.18. The molecule has 0 amide bonds. The topological polar surface area (TPSA) is 92.8 Å². The molecule has 2 aromatic carbocycles. The highest BCUT2D eigenvalue weighted by atomic mass is 19.1. The van der Waals surface area contributed by atoms with Crippen molar-refractivity contribution in [2.75, 3.05) is 6.54 Å². The van der Waals surface area contributed by atoms with Crippen molar-refractivity contribution in [1.82, 2.24) is 24.9 Å². The van der Waals surface area contributed by atoms with Crippen molar-refractivity contribution in [1.29, 1.82) is 0 Å². The van der Waals surface area contributed by atoms with E-state index in [1.807, 2.05) is 0 Å². The van der Waals surface area contributed by atoms with Crippen molar-refractivity contribution in [3.8, 4) is 16.9 Å². The fourth-order valence-electron chi connectivity index (χ4n) is 5.10. The Morgan fingerprint density at radius 1 is 1.15 bits per heavy atom. The summed E-state index contributed by atoms with van der Waals surface area (Å²) >= 11 is 0. The van der Waals surface area contributed by atoms with Gasteiger partial charge in [-0.3, -0.25) is 14.8 Å². The minimum absolute atomic E-state index is 0.163. The second-order valence-corrected chi connectivity index (χ2v) is 9.22. The van der Waals surface area contributed by atoms with Crippen LogP contribution in [0.2, 0.25) is 0 Å². The number of nitrogens with zero attached hydrogens (tertiary/aromatic N) is 4. The van der Waals surface area contributed by atoms with Crippen molar-refractivity contribution in [2.24, 2.45) is 5.73 Å². The Balaban J connectivity index is 1.41. The molecule has 2 aliphatic rings. The quantitative estimate of drug-likeness (QED) is 0.507. The highest BCUT2D eigenvalue weighted by Gasteiger charge is 2.33. The third-order valence-electron chi connectivity index (χ3n) is 7.03. The highest BCUT2D eigenvalue weighted by Crippen LogP contribution is 2.32. The Morgan fingerprint density at radius 2 is 2.00 bits per heavy atom. The molecule has 0 saturated heterocycles. The van der Waals surface area contributed by atoms with Gasteiger partial charge in [0.15, 0.2) is 0 Å². The number of rotatable bonds is 3. The molecule has 1 saturated carbocycles. The molecule has 0 atom stereocenters. The van der Waals surface area contributed by atoms with Crippen molar-refractivity contribution in [3.05, 3.63) is 75.3 Å². The lowest BCUT2D eigenvalue weighted by Gasteiger charge is -2.43. The van der Waals surface area contributed by atoms with Gasteiger partial charge in [-0.15, -0.1) is 0 Å². The highest BCUT2D eigenvalue weighted by molar-refractivity contribution is 5.89. The Bertz CT molecular complexity index is 1410. The monoisotopic (exact) mass is 444 g/mol. The zero-order valence-electron chi connectivity index (χ0n) is 18.4. The van der Waals surface area contributed by atoms with Crippen LogP contribution in [-0.2, 0) is 13.0 Å². The van der Waals surface area contributed by atoms with Crippen LogP contribution in [0.3, 0.4) is 0 Å². The number of para-hydroxylation sites is 1. The first-order valence-electron chi connectivity index (χ1n) is 11.3. The summed E-state index contributed by atoms with van der Waals surface area (Å²) in [6, 6.07) is 13.4. The van der Waals surface area contributed by atoms with Gasteiger partial charge in [0.2, 0.25) is 0 Å². The average molecular weight is 445 g/mol. The maximum Gasteiger partial charge on any atom is 0.273 e. The first-order chi connectivity index (χ1) is 16.0. The van der Waals surface area contributed by atoms with Crippen molar-refractivity contribution in [3.63, 3.8) is 0 Å². The fourth-order valence-corrected chi connectivity index (χ4v) is 5.10. The number of hydrogen-bond donors (Lipinski definition) is 2. The zero-order chi connectivity index (χ0) is 22.7. The summed E-state index contributed by atoms with van der Waals surface area (Å²) in [7, 11) is 0. The van der Waals surface area contributed by atoms with E-state index in [2.05, 4.69) is 38.4 Å². The van der Waals surface area contributed by atoms with E-state index >= 15 is 0 Å².